The third-order valence-corrected chi connectivity index (χ3v) is 3.30. The second-order valence-electron chi connectivity index (χ2n) is 4.19. The van der Waals surface area contributed by atoms with Crippen molar-refractivity contribution in [3.63, 3.8) is 0 Å². The highest BCUT2D eigenvalue weighted by molar-refractivity contribution is 7.85. The van der Waals surface area contributed by atoms with Crippen molar-refractivity contribution in [1.82, 2.24) is 9.96 Å². The molecule has 2 N–H and O–H groups in total. The Morgan fingerprint density at radius 1 is 1.47 bits per heavy atom. The number of carbonyl (C=O) groups is 2. The molecule has 2 fully saturated rings. The monoisotopic (exact) mass is 263 g/mol. The molecule has 0 saturated carbocycles. The average Bonchev–Trinajstić information content (AvgIpc) is 2.42. The molecular weight excluding hydrogens is 250 g/mol. The van der Waals surface area contributed by atoms with Gasteiger partial charge >= 0.3 is 6.03 Å². The number of amides is 3. The van der Waals surface area contributed by atoms with Crippen LogP contribution in [0, 0.1) is 0 Å². The zero-order valence-corrected chi connectivity index (χ0v) is 10.0. The molecule has 2 heterocycles. The van der Waals surface area contributed by atoms with Crippen molar-refractivity contribution in [3.8, 4) is 0 Å². The quantitative estimate of drug-likeness (QED) is 0.675. The first kappa shape index (κ1) is 12.1. The molecule has 2 aliphatic rings. The van der Waals surface area contributed by atoms with E-state index in [0.717, 1.165) is 11.3 Å². The van der Waals surface area contributed by atoms with Crippen LogP contribution in [-0.4, -0.2) is 55.2 Å². The Kier molecular flexibility index (Phi) is 2.74. The van der Waals surface area contributed by atoms with Gasteiger partial charge in [-0.15, -0.1) is 4.28 Å². The maximum Gasteiger partial charge on any atom is 0.346 e. The third kappa shape index (κ3) is 2.20. The number of carbonyl (C=O) groups excluding carboxylic acids is 2. The van der Waals surface area contributed by atoms with Gasteiger partial charge in [-0.2, -0.15) is 13.5 Å². The number of nitrogens with two attached hydrogens (primary N) is 1. The summed E-state index contributed by atoms with van der Waals surface area (Å²) in [7, 11) is -3.75. The van der Waals surface area contributed by atoms with Crippen LogP contribution in [0.25, 0.3) is 0 Å². The summed E-state index contributed by atoms with van der Waals surface area (Å²) < 4.78 is 26.6. The van der Waals surface area contributed by atoms with E-state index in [2.05, 4.69) is 4.28 Å². The summed E-state index contributed by atoms with van der Waals surface area (Å²) >= 11 is 0. The van der Waals surface area contributed by atoms with Crippen molar-refractivity contribution in [2.45, 2.75) is 24.9 Å². The Hall–Kier alpha value is -1.35. The Morgan fingerprint density at radius 3 is 2.65 bits per heavy atom. The zero-order valence-electron chi connectivity index (χ0n) is 9.20. The fourth-order valence-corrected chi connectivity index (χ4v) is 2.65. The molecule has 17 heavy (non-hydrogen) atoms. The highest BCUT2D eigenvalue weighted by Crippen LogP contribution is 2.30. The topological polar surface area (TPSA) is 110 Å². The largest absolute Gasteiger partial charge is 0.368 e. The molecule has 2 bridgehead atoms. The lowest BCUT2D eigenvalue weighted by Crippen LogP contribution is -2.47. The number of fused-ring (bicyclic) bond motifs is 2. The van der Waals surface area contributed by atoms with E-state index in [-0.39, 0.29) is 12.6 Å². The molecule has 0 aromatic carbocycles. The number of urea groups is 1. The van der Waals surface area contributed by atoms with Crippen molar-refractivity contribution in [1.29, 1.82) is 0 Å². The van der Waals surface area contributed by atoms with E-state index in [1.807, 2.05) is 0 Å². The number of nitrogens with zero attached hydrogens (tertiary/aromatic N) is 2. The summed E-state index contributed by atoms with van der Waals surface area (Å²) in [5.41, 5.74) is 5.18. The number of piperidine rings is 1. The first-order valence-corrected chi connectivity index (χ1v) is 6.90. The Labute approximate surface area is 98.4 Å². The van der Waals surface area contributed by atoms with E-state index >= 15 is 0 Å². The number of hydroxylamine groups is 2. The molecule has 2 rings (SSSR count). The van der Waals surface area contributed by atoms with Gasteiger partial charge in [0.15, 0.2) is 0 Å². The fourth-order valence-electron chi connectivity index (χ4n) is 2.17. The van der Waals surface area contributed by atoms with Gasteiger partial charge in [0.1, 0.15) is 6.04 Å². The van der Waals surface area contributed by atoms with Crippen LogP contribution in [0.3, 0.4) is 0 Å². The zero-order chi connectivity index (χ0) is 12.8. The lowest BCUT2D eigenvalue weighted by atomic mass is 10.0. The minimum absolute atomic E-state index is 0.266. The molecule has 2 aliphatic heterocycles. The van der Waals surface area contributed by atoms with Gasteiger partial charge in [0.2, 0.25) is 5.91 Å². The molecule has 3 amide bonds. The highest BCUT2D eigenvalue weighted by atomic mass is 32.2. The van der Waals surface area contributed by atoms with E-state index in [9.17, 15) is 18.0 Å². The maximum atomic E-state index is 11.8. The van der Waals surface area contributed by atoms with Gasteiger partial charge in [-0.1, -0.05) is 0 Å². The Morgan fingerprint density at radius 2 is 2.12 bits per heavy atom. The van der Waals surface area contributed by atoms with Gasteiger partial charge in [-0.3, -0.25) is 4.79 Å². The molecule has 8 nitrogen and oxygen atoms in total. The lowest BCUT2D eigenvalue weighted by Gasteiger charge is -2.27. The number of primary amides is 1. The smallest absolute Gasteiger partial charge is 0.346 e. The molecule has 2 saturated heterocycles. The van der Waals surface area contributed by atoms with Gasteiger partial charge in [0.05, 0.1) is 12.3 Å². The van der Waals surface area contributed by atoms with Gasteiger partial charge in [-0.05, 0) is 12.8 Å². The minimum Gasteiger partial charge on any atom is -0.368 e. The summed E-state index contributed by atoms with van der Waals surface area (Å²) in [6, 6.07) is -1.64. The average molecular weight is 263 g/mol. The van der Waals surface area contributed by atoms with Gasteiger partial charge in [0.25, 0.3) is 10.1 Å². The number of rotatable bonds is 3. The molecule has 0 spiro atoms. The van der Waals surface area contributed by atoms with Crippen LogP contribution >= 0.6 is 0 Å². The van der Waals surface area contributed by atoms with Crippen LogP contribution in [0.2, 0.25) is 0 Å². The van der Waals surface area contributed by atoms with Gasteiger partial charge in [-0.25, -0.2) is 4.79 Å². The molecule has 0 aromatic rings. The molecule has 0 radical (unpaired) electrons. The predicted octanol–water partition coefficient (Wildman–Crippen LogP) is -1.37. The normalized spacial score (nSPS) is 28.6. The third-order valence-electron chi connectivity index (χ3n) is 2.87. The molecule has 96 valence electrons. The summed E-state index contributed by atoms with van der Waals surface area (Å²) in [6.45, 7) is 0.266. The van der Waals surface area contributed by atoms with Crippen molar-refractivity contribution >= 4 is 22.1 Å². The first-order valence-electron chi connectivity index (χ1n) is 5.08. The Bertz CT molecular complexity index is 462. The van der Waals surface area contributed by atoms with Crippen LogP contribution in [0.1, 0.15) is 12.8 Å². The van der Waals surface area contributed by atoms with E-state index < -0.39 is 28.1 Å². The van der Waals surface area contributed by atoms with E-state index in [1.165, 1.54) is 4.90 Å². The summed E-state index contributed by atoms with van der Waals surface area (Å²) in [6.07, 6.45) is 1.78. The van der Waals surface area contributed by atoms with E-state index in [4.69, 9.17) is 5.73 Å². The van der Waals surface area contributed by atoms with Crippen LogP contribution in [0.5, 0.6) is 0 Å². The second kappa shape index (κ2) is 3.84. The summed E-state index contributed by atoms with van der Waals surface area (Å²) in [5, 5.41) is 0.818. The summed E-state index contributed by atoms with van der Waals surface area (Å²) in [4.78, 5) is 24.2. The van der Waals surface area contributed by atoms with Crippen molar-refractivity contribution in [2.75, 3.05) is 12.8 Å². The molecular formula is C8H13N3O5S. The van der Waals surface area contributed by atoms with Gasteiger partial charge < -0.3 is 10.6 Å². The lowest BCUT2D eigenvalue weighted by molar-refractivity contribution is -0.122. The van der Waals surface area contributed by atoms with Crippen molar-refractivity contribution in [3.05, 3.63) is 0 Å². The number of hydrogen-bond donors (Lipinski definition) is 1. The molecule has 0 unspecified atom stereocenters. The second-order valence-corrected chi connectivity index (χ2v) is 5.75. The molecule has 2 atom stereocenters. The Balaban J connectivity index is 2.20. The first-order chi connectivity index (χ1) is 7.79. The van der Waals surface area contributed by atoms with E-state index in [1.54, 1.807) is 0 Å². The van der Waals surface area contributed by atoms with Crippen LogP contribution in [0.4, 0.5) is 4.79 Å². The van der Waals surface area contributed by atoms with Crippen molar-refractivity contribution in [2.24, 2.45) is 5.73 Å². The number of hydrogen-bond acceptors (Lipinski definition) is 5. The molecule has 0 aliphatic carbocycles. The maximum absolute atomic E-state index is 11.8. The standard InChI is InChI=1S/C8H13N3O5S/c1-17(14,15)16-11-5-2-3-6(7(9)12)10(4-5)8(11)13/h5-6H,2-4H2,1H3,(H2,9,12)/t5-,6+/m1/s1. The minimum atomic E-state index is -3.75. The fraction of sp³-hybridized carbons (Fsp3) is 0.750. The highest BCUT2D eigenvalue weighted by Gasteiger charge is 2.48. The SMILES string of the molecule is CS(=O)(=O)ON1C(=O)N2C[C@H]1CC[C@H]2C(N)=O. The predicted molar refractivity (Wildman–Crippen MR) is 55.9 cm³/mol. The molecule has 0 aromatic heterocycles. The van der Waals surface area contributed by atoms with Crippen LogP contribution < -0.4 is 5.73 Å². The van der Waals surface area contributed by atoms with Gasteiger partial charge in [0, 0.05) is 6.54 Å². The van der Waals surface area contributed by atoms with Crippen LogP contribution in [0.15, 0.2) is 0 Å². The van der Waals surface area contributed by atoms with Crippen LogP contribution in [-0.2, 0) is 19.2 Å². The molecule has 9 heteroatoms. The summed E-state index contributed by atoms with van der Waals surface area (Å²) in [5.74, 6) is -0.585. The van der Waals surface area contributed by atoms with Crippen molar-refractivity contribution < 1.29 is 22.3 Å². The van der Waals surface area contributed by atoms with E-state index in [0.29, 0.717) is 12.8 Å².